The largest absolute Gasteiger partial charge is 0.493 e. The lowest BCUT2D eigenvalue weighted by Crippen LogP contribution is -2.36. The Morgan fingerprint density at radius 2 is 1.85 bits per heavy atom. The Kier molecular flexibility index (Phi) is 8.70. The summed E-state index contributed by atoms with van der Waals surface area (Å²) in [6, 6.07) is 5.82. The summed E-state index contributed by atoms with van der Waals surface area (Å²) in [5, 5.41) is 11.1. The maximum absolute atomic E-state index is 5.46. The number of aliphatic imine (C=N–C) groups is 1. The van der Waals surface area contributed by atoms with Crippen molar-refractivity contribution < 1.29 is 9.47 Å². The molecule has 0 aliphatic carbocycles. The van der Waals surface area contributed by atoms with Gasteiger partial charge in [0, 0.05) is 44.0 Å². The van der Waals surface area contributed by atoms with E-state index in [9.17, 15) is 0 Å². The minimum atomic E-state index is 0. The Morgan fingerprint density at radius 3 is 2.38 bits per heavy atom. The van der Waals surface area contributed by atoms with Crippen LogP contribution in [0.4, 0.5) is 0 Å². The molecule has 26 heavy (non-hydrogen) atoms. The van der Waals surface area contributed by atoms with E-state index in [2.05, 4.69) is 27.6 Å². The van der Waals surface area contributed by atoms with Gasteiger partial charge in [-0.25, -0.2) is 0 Å². The molecule has 0 atom stereocenters. The second-order valence-corrected chi connectivity index (χ2v) is 5.70. The molecular formula is C18H28IN5O2. The zero-order chi connectivity index (χ0) is 18.4. The Bertz CT molecular complexity index is 758. The molecule has 2 rings (SSSR count). The Balaban J connectivity index is 0.00000338. The van der Waals surface area contributed by atoms with Gasteiger partial charge in [0.1, 0.15) is 0 Å². The number of benzene rings is 1. The van der Waals surface area contributed by atoms with Crippen molar-refractivity contribution in [3.05, 3.63) is 40.7 Å². The van der Waals surface area contributed by atoms with Crippen LogP contribution in [0.15, 0.2) is 23.2 Å². The van der Waals surface area contributed by atoms with Crippen LogP contribution in [0.25, 0.3) is 0 Å². The topological polar surface area (TPSA) is 72.7 Å². The summed E-state index contributed by atoms with van der Waals surface area (Å²) in [5.41, 5.74) is 4.36. The summed E-state index contributed by atoms with van der Waals surface area (Å²) in [5.74, 6) is 2.16. The van der Waals surface area contributed by atoms with Crippen molar-refractivity contribution in [2.24, 2.45) is 12.0 Å². The number of ether oxygens (including phenoxy) is 2. The summed E-state index contributed by atoms with van der Waals surface area (Å²) < 4.78 is 12.7. The molecule has 0 bridgehead atoms. The number of aromatic nitrogens is 2. The molecule has 2 aromatic rings. The van der Waals surface area contributed by atoms with Gasteiger partial charge in [0.2, 0.25) is 0 Å². The predicted molar refractivity (Wildman–Crippen MR) is 115 cm³/mol. The number of methoxy groups -OCH3 is 2. The Morgan fingerprint density at radius 1 is 1.15 bits per heavy atom. The van der Waals surface area contributed by atoms with Crippen LogP contribution in [0, 0.1) is 13.8 Å². The summed E-state index contributed by atoms with van der Waals surface area (Å²) in [4.78, 5) is 4.28. The maximum Gasteiger partial charge on any atom is 0.191 e. The summed E-state index contributed by atoms with van der Waals surface area (Å²) in [7, 11) is 6.98. The highest BCUT2D eigenvalue weighted by molar-refractivity contribution is 14.0. The van der Waals surface area contributed by atoms with Gasteiger partial charge in [-0.3, -0.25) is 9.67 Å². The van der Waals surface area contributed by atoms with Crippen LogP contribution < -0.4 is 20.1 Å². The Labute approximate surface area is 172 Å². The van der Waals surface area contributed by atoms with Crippen LogP contribution in [-0.4, -0.2) is 37.0 Å². The number of nitrogens with zero attached hydrogens (tertiary/aromatic N) is 3. The molecule has 0 aliphatic rings. The van der Waals surface area contributed by atoms with Gasteiger partial charge in [-0.1, -0.05) is 12.1 Å². The monoisotopic (exact) mass is 473 g/mol. The number of halogens is 1. The van der Waals surface area contributed by atoms with Gasteiger partial charge < -0.3 is 20.1 Å². The molecule has 7 nitrogen and oxygen atoms in total. The fourth-order valence-corrected chi connectivity index (χ4v) is 2.74. The first-order valence-corrected chi connectivity index (χ1v) is 8.15. The summed E-state index contributed by atoms with van der Waals surface area (Å²) in [6.45, 7) is 5.32. The first-order valence-electron chi connectivity index (χ1n) is 8.15. The number of aryl methyl sites for hydroxylation is 2. The normalized spacial score (nSPS) is 10.9. The number of rotatable bonds is 6. The van der Waals surface area contributed by atoms with E-state index < -0.39 is 0 Å². The predicted octanol–water partition coefficient (Wildman–Crippen LogP) is 2.54. The SMILES string of the molecule is CN=C(NCc1cccc(OC)c1OC)NCc1c(C)nn(C)c1C.I. The fourth-order valence-electron chi connectivity index (χ4n) is 2.74. The molecular weight excluding hydrogens is 445 g/mol. The average molecular weight is 473 g/mol. The van der Waals surface area contributed by atoms with Crippen LogP contribution in [0.5, 0.6) is 11.5 Å². The van der Waals surface area contributed by atoms with Crippen LogP contribution in [0.3, 0.4) is 0 Å². The van der Waals surface area contributed by atoms with Crippen molar-refractivity contribution in [3.63, 3.8) is 0 Å². The molecule has 2 N–H and O–H groups in total. The molecule has 8 heteroatoms. The number of nitrogens with one attached hydrogen (secondary N) is 2. The van der Waals surface area contributed by atoms with E-state index in [1.807, 2.05) is 36.9 Å². The number of hydrogen-bond acceptors (Lipinski definition) is 4. The first kappa shape index (κ1) is 22.1. The zero-order valence-corrected chi connectivity index (χ0v) is 18.5. The second kappa shape index (κ2) is 10.2. The van der Waals surface area contributed by atoms with Gasteiger partial charge in [-0.2, -0.15) is 5.10 Å². The van der Waals surface area contributed by atoms with Crippen molar-refractivity contribution in [2.75, 3.05) is 21.3 Å². The third-order valence-corrected chi connectivity index (χ3v) is 4.25. The van der Waals surface area contributed by atoms with Crippen molar-refractivity contribution in [1.29, 1.82) is 0 Å². The maximum atomic E-state index is 5.46. The zero-order valence-electron chi connectivity index (χ0n) is 16.2. The minimum absolute atomic E-state index is 0. The molecule has 0 radical (unpaired) electrons. The van der Waals surface area contributed by atoms with E-state index in [4.69, 9.17) is 9.47 Å². The van der Waals surface area contributed by atoms with Crippen molar-refractivity contribution in [1.82, 2.24) is 20.4 Å². The third-order valence-electron chi connectivity index (χ3n) is 4.25. The highest BCUT2D eigenvalue weighted by Crippen LogP contribution is 2.30. The van der Waals surface area contributed by atoms with Crippen molar-refractivity contribution in [3.8, 4) is 11.5 Å². The van der Waals surface area contributed by atoms with Gasteiger partial charge in [0.25, 0.3) is 0 Å². The quantitative estimate of drug-likeness (QED) is 0.384. The molecule has 0 spiro atoms. The molecule has 144 valence electrons. The Hall–Kier alpha value is -1.97. The van der Waals surface area contributed by atoms with Gasteiger partial charge in [0.05, 0.1) is 19.9 Å². The van der Waals surface area contributed by atoms with Gasteiger partial charge in [0.15, 0.2) is 17.5 Å². The number of hydrogen-bond donors (Lipinski definition) is 2. The van der Waals surface area contributed by atoms with E-state index in [1.165, 1.54) is 5.56 Å². The molecule has 1 aromatic carbocycles. The van der Waals surface area contributed by atoms with Crippen LogP contribution in [0.2, 0.25) is 0 Å². The van der Waals surface area contributed by atoms with Crippen molar-refractivity contribution in [2.45, 2.75) is 26.9 Å². The minimum Gasteiger partial charge on any atom is -0.493 e. The van der Waals surface area contributed by atoms with Crippen LogP contribution in [0.1, 0.15) is 22.5 Å². The van der Waals surface area contributed by atoms with Crippen LogP contribution in [-0.2, 0) is 20.1 Å². The smallest absolute Gasteiger partial charge is 0.191 e. The van der Waals surface area contributed by atoms with E-state index in [0.29, 0.717) is 24.8 Å². The van der Waals surface area contributed by atoms with E-state index in [-0.39, 0.29) is 24.0 Å². The third kappa shape index (κ3) is 5.03. The number of para-hydroxylation sites is 1. The highest BCUT2D eigenvalue weighted by atomic mass is 127. The standard InChI is InChI=1S/C18H27N5O2.HI/c1-12-15(13(2)23(4)22-12)11-21-18(19-3)20-10-14-8-7-9-16(24-5)17(14)25-6;/h7-9H,10-11H2,1-6H3,(H2,19,20,21);1H. The lowest BCUT2D eigenvalue weighted by atomic mass is 10.2. The highest BCUT2D eigenvalue weighted by Gasteiger charge is 2.12. The summed E-state index contributed by atoms with van der Waals surface area (Å²) >= 11 is 0. The molecule has 1 aromatic heterocycles. The molecule has 0 saturated carbocycles. The van der Waals surface area contributed by atoms with Gasteiger partial charge in [-0.15, -0.1) is 24.0 Å². The van der Waals surface area contributed by atoms with E-state index in [1.54, 1.807) is 21.3 Å². The molecule has 0 saturated heterocycles. The fraction of sp³-hybridized carbons (Fsp3) is 0.444. The lowest BCUT2D eigenvalue weighted by Gasteiger charge is -2.15. The van der Waals surface area contributed by atoms with Gasteiger partial charge >= 0.3 is 0 Å². The van der Waals surface area contributed by atoms with E-state index in [0.717, 1.165) is 22.7 Å². The van der Waals surface area contributed by atoms with E-state index >= 15 is 0 Å². The number of guanidine groups is 1. The molecule has 0 unspecified atom stereocenters. The second-order valence-electron chi connectivity index (χ2n) is 5.70. The molecule has 1 heterocycles. The van der Waals surface area contributed by atoms with Crippen LogP contribution >= 0.6 is 24.0 Å². The molecule has 0 aliphatic heterocycles. The first-order chi connectivity index (χ1) is 12.0. The lowest BCUT2D eigenvalue weighted by molar-refractivity contribution is 0.351. The molecule has 0 amide bonds. The average Bonchev–Trinajstić information content (AvgIpc) is 2.86. The van der Waals surface area contributed by atoms with Crippen molar-refractivity contribution >= 4 is 29.9 Å². The molecule has 0 fully saturated rings. The van der Waals surface area contributed by atoms with Gasteiger partial charge in [-0.05, 0) is 19.9 Å². The summed E-state index contributed by atoms with van der Waals surface area (Å²) in [6.07, 6.45) is 0.